The zero-order valence-electron chi connectivity index (χ0n) is 31.6. The molecule has 0 amide bonds. The van der Waals surface area contributed by atoms with Gasteiger partial charge in [-0.3, -0.25) is 4.57 Å². The monoisotopic (exact) mass is 721 g/mol. The first kappa shape index (κ1) is 32.3. The van der Waals surface area contributed by atoms with Crippen LogP contribution in [0.5, 0.6) is 0 Å². The second-order valence-corrected chi connectivity index (χ2v) is 15.2. The molecule has 56 heavy (non-hydrogen) atoms. The molecule has 11 rings (SSSR count). The Labute approximate surface area is 325 Å². The van der Waals surface area contributed by atoms with E-state index in [-0.39, 0.29) is 0 Å². The van der Waals surface area contributed by atoms with Crippen molar-refractivity contribution in [2.75, 3.05) is 23.5 Å². The number of benzene rings is 7. The van der Waals surface area contributed by atoms with Crippen LogP contribution in [0.4, 0.5) is 17.1 Å². The van der Waals surface area contributed by atoms with Crippen molar-refractivity contribution in [3.8, 4) is 33.8 Å². The van der Waals surface area contributed by atoms with E-state index in [1.807, 2.05) is 6.20 Å². The van der Waals surface area contributed by atoms with Crippen LogP contribution in [0.1, 0.15) is 11.1 Å². The number of hydrogen-bond donors (Lipinski definition) is 0. The van der Waals surface area contributed by atoms with Crippen molar-refractivity contribution in [3.63, 3.8) is 0 Å². The molecule has 7 aromatic carbocycles. The fourth-order valence-corrected chi connectivity index (χ4v) is 8.80. The third-order valence-electron chi connectivity index (χ3n) is 11.6. The van der Waals surface area contributed by atoms with Crippen LogP contribution in [0.25, 0.3) is 77.4 Å². The number of rotatable bonds is 5. The molecule has 0 saturated carbocycles. The van der Waals surface area contributed by atoms with E-state index in [1.54, 1.807) is 0 Å². The molecule has 5 nitrogen and oxygen atoms in total. The van der Waals surface area contributed by atoms with Crippen molar-refractivity contribution in [2.45, 2.75) is 13.8 Å². The number of fused-ring (bicyclic) bond motifs is 7. The highest BCUT2D eigenvalue weighted by Crippen LogP contribution is 2.43. The quantitative estimate of drug-likeness (QED) is 0.177. The van der Waals surface area contributed by atoms with Crippen LogP contribution in [0.15, 0.2) is 170 Å². The Morgan fingerprint density at radius 2 is 1.04 bits per heavy atom. The van der Waals surface area contributed by atoms with E-state index in [0.29, 0.717) is 0 Å². The lowest BCUT2D eigenvalue weighted by Gasteiger charge is -2.21. The summed E-state index contributed by atoms with van der Waals surface area (Å²) in [7, 11) is 2.16. The first-order valence-electron chi connectivity index (χ1n) is 19.3. The average molecular weight is 722 g/mol. The highest BCUT2D eigenvalue weighted by atomic mass is 15.4. The minimum atomic E-state index is 0.795. The summed E-state index contributed by atoms with van der Waals surface area (Å²) in [5.41, 5.74) is 16.6. The van der Waals surface area contributed by atoms with E-state index >= 15 is 0 Å². The second kappa shape index (κ2) is 12.5. The standard InChI is InChI=1S/C51H39N5/c1-33-15-19-35(20-16-33)37-23-24-42-44-30-43-41-11-4-5-12-45(41)56(51-28-38(25-26-52-51)36-21-17-34(2)18-22-36)50(43)31-49(44)55(48(42)27-37)40-10-8-9-39(29-40)54-32-53(3)46-13-6-7-14-47(46)54/h4-31H,32H2,1-3H3. The molecular weight excluding hydrogens is 683 g/mol. The fourth-order valence-electron chi connectivity index (χ4n) is 8.80. The number of hydrogen-bond acceptors (Lipinski definition) is 3. The van der Waals surface area contributed by atoms with Crippen molar-refractivity contribution in [2.24, 2.45) is 0 Å². The molecule has 0 radical (unpaired) electrons. The van der Waals surface area contributed by atoms with Crippen molar-refractivity contribution in [1.29, 1.82) is 0 Å². The maximum Gasteiger partial charge on any atom is 0.138 e. The minimum absolute atomic E-state index is 0.795. The molecule has 3 aromatic heterocycles. The Morgan fingerprint density at radius 1 is 0.429 bits per heavy atom. The van der Waals surface area contributed by atoms with E-state index in [1.165, 1.54) is 66.3 Å². The van der Waals surface area contributed by atoms with Gasteiger partial charge in [-0.1, -0.05) is 108 Å². The molecule has 1 aliphatic rings. The predicted molar refractivity (Wildman–Crippen MR) is 235 cm³/mol. The van der Waals surface area contributed by atoms with Crippen LogP contribution in [0.3, 0.4) is 0 Å². The topological polar surface area (TPSA) is 29.2 Å². The van der Waals surface area contributed by atoms with Gasteiger partial charge in [-0.2, -0.15) is 0 Å². The molecule has 0 fully saturated rings. The number of pyridine rings is 1. The van der Waals surface area contributed by atoms with Crippen LogP contribution >= 0.6 is 0 Å². The van der Waals surface area contributed by atoms with E-state index in [0.717, 1.165) is 46.0 Å². The molecule has 0 spiro atoms. The van der Waals surface area contributed by atoms with Crippen molar-refractivity contribution >= 4 is 60.7 Å². The lowest BCUT2D eigenvalue weighted by atomic mass is 10.0. The maximum atomic E-state index is 5.01. The Kier molecular flexibility index (Phi) is 7.20. The van der Waals surface area contributed by atoms with Crippen molar-refractivity contribution < 1.29 is 0 Å². The Balaban J connectivity index is 1.18. The van der Waals surface area contributed by atoms with Crippen LogP contribution in [0, 0.1) is 13.8 Å². The molecule has 10 aromatic rings. The molecule has 0 N–H and O–H groups in total. The molecular formula is C51H39N5. The highest BCUT2D eigenvalue weighted by Gasteiger charge is 2.25. The van der Waals surface area contributed by atoms with Gasteiger partial charge in [-0.05, 0) is 103 Å². The Bertz CT molecular complexity index is 3150. The molecule has 0 atom stereocenters. The minimum Gasteiger partial charge on any atom is -0.355 e. The van der Waals surface area contributed by atoms with Crippen LogP contribution in [0.2, 0.25) is 0 Å². The molecule has 5 heteroatoms. The van der Waals surface area contributed by atoms with Crippen molar-refractivity contribution in [1.82, 2.24) is 14.1 Å². The first-order valence-corrected chi connectivity index (χ1v) is 19.3. The summed E-state index contributed by atoms with van der Waals surface area (Å²) in [6.45, 7) is 5.07. The number of para-hydroxylation sites is 3. The van der Waals surface area contributed by atoms with Gasteiger partial charge in [0, 0.05) is 46.2 Å². The van der Waals surface area contributed by atoms with Gasteiger partial charge in [0.15, 0.2) is 0 Å². The smallest absolute Gasteiger partial charge is 0.138 e. The summed E-state index contributed by atoms with van der Waals surface area (Å²) in [5, 5.41) is 4.88. The van der Waals surface area contributed by atoms with Crippen LogP contribution in [-0.2, 0) is 0 Å². The summed E-state index contributed by atoms with van der Waals surface area (Å²) < 4.78 is 4.81. The number of anilines is 3. The van der Waals surface area contributed by atoms with Gasteiger partial charge in [0.05, 0.1) is 40.1 Å². The normalized spacial score (nSPS) is 12.8. The number of nitrogens with zero attached hydrogens (tertiary/aromatic N) is 5. The van der Waals surface area contributed by atoms with Gasteiger partial charge in [0.1, 0.15) is 5.82 Å². The summed E-state index contributed by atoms with van der Waals surface area (Å²) >= 11 is 0. The lowest BCUT2D eigenvalue weighted by Crippen LogP contribution is -2.24. The van der Waals surface area contributed by atoms with Crippen LogP contribution < -0.4 is 9.80 Å². The lowest BCUT2D eigenvalue weighted by molar-refractivity contribution is 0.948. The van der Waals surface area contributed by atoms with E-state index in [4.69, 9.17) is 4.98 Å². The average Bonchev–Trinajstić information content (AvgIpc) is 3.87. The van der Waals surface area contributed by atoms with Crippen LogP contribution in [-0.4, -0.2) is 27.8 Å². The molecule has 0 saturated heterocycles. The SMILES string of the molecule is Cc1ccc(-c2ccnc(-n3c4ccccc4c4cc5c6ccc(-c7ccc(C)cc7)cc6n(-c6cccc(N7CN(C)c8ccccc87)c6)c5cc43)c2)cc1. The van der Waals surface area contributed by atoms with E-state index in [9.17, 15) is 0 Å². The second-order valence-electron chi connectivity index (χ2n) is 15.2. The molecule has 0 unspecified atom stereocenters. The van der Waals surface area contributed by atoms with Gasteiger partial charge in [0.25, 0.3) is 0 Å². The van der Waals surface area contributed by atoms with Gasteiger partial charge in [0.2, 0.25) is 0 Å². The zero-order valence-corrected chi connectivity index (χ0v) is 31.6. The highest BCUT2D eigenvalue weighted by molar-refractivity contribution is 6.19. The number of aryl methyl sites for hydroxylation is 2. The van der Waals surface area contributed by atoms with Gasteiger partial charge < -0.3 is 14.4 Å². The molecule has 1 aliphatic heterocycles. The van der Waals surface area contributed by atoms with Gasteiger partial charge in [-0.25, -0.2) is 4.98 Å². The third kappa shape index (κ3) is 5.05. The fraction of sp³-hybridized carbons (Fsp3) is 0.0784. The van der Waals surface area contributed by atoms with E-state index < -0.39 is 0 Å². The van der Waals surface area contributed by atoms with Gasteiger partial charge in [-0.15, -0.1) is 0 Å². The largest absolute Gasteiger partial charge is 0.355 e. The molecule has 268 valence electrons. The number of aromatic nitrogens is 3. The van der Waals surface area contributed by atoms with Crippen molar-refractivity contribution in [3.05, 3.63) is 181 Å². The maximum absolute atomic E-state index is 5.01. The summed E-state index contributed by atoms with van der Waals surface area (Å²) in [6.07, 6.45) is 1.94. The Hall–Kier alpha value is -7.11. The summed E-state index contributed by atoms with van der Waals surface area (Å²) in [4.78, 5) is 9.73. The predicted octanol–water partition coefficient (Wildman–Crippen LogP) is 12.8. The van der Waals surface area contributed by atoms with E-state index in [2.05, 4.69) is 204 Å². The first-order chi connectivity index (χ1) is 27.5. The molecule has 0 aliphatic carbocycles. The Morgan fingerprint density at radius 3 is 1.80 bits per heavy atom. The third-order valence-corrected chi connectivity index (χ3v) is 11.6. The molecule has 0 bridgehead atoms. The zero-order chi connectivity index (χ0) is 37.5. The van der Waals surface area contributed by atoms with Gasteiger partial charge >= 0.3 is 0 Å². The molecule has 4 heterocycles. The summed E-state index contributed by atoms with van der Waals surface area (Å²) in [5.74, 6) is 0.900. The summed E-state index contributed by atoms with van der Waals surface area (Å²) in [6, 6.07) is 60.1.